The number of fused-ring (bicyclic) bond motifs is 1. The summed E-state index contributed by atoms with van der Waals surface area (Å²) >= 11 is 8.94. The molecule has 0 aliphatic carbocycles. The van der Waals surface area contributed by atoms with Crippen LogP contribution >= 0.6 is 27.5 Å². The van der Waals surface area contributed by atoms with Crippen molar-refractivity contribution in [2.45, 2.75) is 0 Å². The number of rotatable bonds is 1. The van der Waals surface area contributed by atoms with Crippen LogP contribution in [0.5, 0.6) is 5.75 Å². The van der Waals surface area contributed by atoms with Crippen LogP contribution in [0, 0.1) is 0 Å². The van der Waals surface area contributed by atoms with Crippen molar-refractivity contribution in [2.24, 2.45) is 0 Å². The highest BCUT2D eigenvalue weighted by molar-refractivity contribution is 9.10. The lowest BCUT2D eigenvalue weighted by molar-refractivity contribution is 0.410. The number of hydrogen-bond acceptors (Lipinski definition) is 3. The first kappa shape index (κ1) is 8.84. The molecule has 0 aliphatic heterocycles. The van der Waals surface area contributed by atoms with E-state index in [-0.39, 0.29) is 5.35 Å². The largest absolute Gasteiger partial charge is 0.493 e. The van der Waals surface area contributed by atoms with Gasteiger partial charge in [-0.15, -0.1) is 0 Å². The van der Waals surface area contributed by atoms with Crippen LogP contribution in [-0.4, -0.2) is 12.1 Å². The Morgan fingerprint density at radius 1 is 1.54 bits per heavy atom. The zero-order valence-electron chi connectivity index (χ0n) is 6.67. The molecule has 1 heterocycles. The highest BCUT2D eigenvalue weighted by Gasteiger charge is 2.10. The molecule has 2 aromatic rings. The second kappa shape index (κ2) is 3.20. The van der Waals surface area contributed by atoms with Gasteiger partial charge in [-0.05, 0) is 23.7 Å². The first-order chi connectivity index (χ1) is 6.20. The van der Waals surface area contributed by atoms with Crippen molar-refractivity contribution in [3.8, 4) is 5.75 Å². The monoisotopic (exact) mass is 261 g/mol. The normalized spacial score (nSPS) is 10.7. The Balaban J connectivity index is 2.80. The van der Waals surface area contributed by atoms with E-state index in [0.29, 0.717) is 16.8 Å². The summed E-state index contributed by atoms with van der Waals surface area (Å²) in [5.74, 6) is 0.615. The average molecular weight is 262 g/mol. The SMILES string of the molecule is COc1cc(Br)cc2nc(Cl)oc12. The third kappa shape index (κ3) is 1.51. The van der Waals surface area contributed by atoms with Crippen molar-refractivity contribution in [3.05, 3.63) is 22.0 Å². The van der Waals surface area contributed by atoms with Crippen LogP contribution in [0.1, 0.15) is 0 Å². The summed E-state index contributed by atoms with van der Waals surface area (Å²) in [7, 11) is 1.57. The van der Waals surface area contributed by atoms with Crippen LogP contribution in [-0.2, 0) is 0 Å². The van der Waals surface area contributed by atoms with Gasteiger partial charge in [-0.25, -0.2) is 0 Å². The van der Waals surface area contributed by atoms with E-state index in [9.17, 15) is 0 Å². The summed E-state index contributed by atoms with van der Waals surface area (Å²) in [6.07, 6.45) is 0. The molecule has 0 radical (unpaired) electrons. The minimum atomic E-state index is 0.117. The second-order valence-corrected chi connectivity index (χ2v) is 3.66. The van der Waals surface area contributed by atoms with E-state index in [2.05, 4.69) is 20.9 Å². The Kier molecular flexibility index (Phi) is 2.17. The highest BCUT2D eigenvalue weighted by atomic mass is 79.9. The molecular weight excluding hydrogens is 257 g/mol. The summed E-state index contributed by atoms with van der Waals surface area (Å²) in [6.45, 7) is 0. The molecule has 0 amide bonds. The number of oxazole rings is 1. The summed E-state index contributed by atoms with van der Waals surface area (Å²) in [5, 5.41) is 0.117. The van der Waals surface area contributed by atoms with Gasteiger partial charge in [0.15, 0.2) is 11.3 Å². The molecule has 0 atom stereocenters. The predicted molar refractivity (Wildman–Crippen MR) is 53.3 cm³/mol. The highest BCUT2D eigenvalue weighted by Crippen LogP contribution is 2.31. The maximum atomic E-state index is 5.62. The Hall–Kier alpha value is -0.740. The molecule has 5 heteroatoms. The van der Waals surface area contributed by atoms with Crippen LogP contribution in [0.3, 0.4) is 0 Å². The molecule has 1 aromatic carbocycles. The van der Waals surface area contributed by atoms with Crippen molar-refractivity contribution in [1.29, 1.82) is 0 Å². The zero-order valence-corrected chi connectivity index (χ0v) is 9.02. The van der Waals surface area contributed by atoms with Crippen LogP contribution in [0.25, 0.3) is 11.1 Å². The molecule has 0 N–H and O–H groups in total. The summed E-state index contributed by atoms with van der Waals surface area (Å²) < 4.78 is 11.1. The van der Waals surface area contributed by atoms with Crippen LogP contribution in [0.4, 0.5) is 0 Å². The van der Waals surface area contributed by atoms with Gasteiger partial charge in [0.05, 0.1) is 7.11 Å². The fraction of sp³-hybridized carbons (Fsp3) is 0.125. The molecule has 1 aromatic heterocycles. The molecule has 0 saturated carbocycles. The molecule has 0 unspecified atom stereocenters. The quantitative estimate of drug-likeness (QED) is 0.791. The minimum absolute atomic E-state index is 0.117. The van der Waals surface area contributed by atoms with Gasteiger partial charge >= 0.3 is 0 Å². The van der Waals surface area contributed by atoms with Gasteiger partial charge in [-0.2, -0.15) is 4.98 Å². The number of ether oxygens (including phenoxy) is 1. The lowest BCUT2D eigenvalue weighted by Gasteiger charge is -1.99. The van der Waals surface area contributed by atoms with E-state index in [1.54, 1.807) is 13.2 Å². The Bertz CT molecular complexity index is 455. The standard InChI is InChI=1S/C8H5BrClNO2/c1-12-6-3-4(9)2-5-7(6)13-8(10)11-5/h2-3H,1H3. The van der Waals surface area contributed by atoms with Crippen molar-refractivity contribution >= 4 is 38.6 Å². The number of benzene rings is 1. The first-order valence-electron chi connectivity index (χ1n) is 3.50. The summed E-state index contributed by atoms with van der Waals surface area (Å²) in [4.78, 5) is 3.97. The van der Waals surface area contributed by atoms with Gasteiger partial charge in [-0.3, -0.25) is 0 Å². The van der Waals surface area contributed by atoms with Crippen molar-refractivity contribution in [1.82, 2.24) is 4.98 Å². The van der Waals surface area contributed by atoms with E-state index in [4.69, 9.17) is 20.8 Å². The number of methoxy groups -OCH3 is 1. The number of nitrogens with zero attached hydrogens (tertiary/aromatic N) is 1. The van der Waals surface area contributed by atoms with E-state index in [1.807, 2.05) is 6.07 Å². The topological polar surface area (TPSA) is 35.3 Å². The van der Waals surface area contributed by atoms with Gasteiger partial charge in [0.1, 0.15) is 5.52 Å². The maximum Gasteiger partial charge on any atom is 0.293 e. The fourth-order valence-electron chi connectivity index (χ4n) is 1.09. The van der Waals surface area contributed by atoms with Gasteiger partial charge in [-0.1, -0.05) is 15.9 Å². The maximum absolute atomic E-state index is 5.62. The summed E-state index contributed by atoms with van der Waals surface area (Å²) in [5.41, 5.74) is 1.24. The van der Waals surface area contributed by atoms with E-state index in [1.165, 1.54) is 0 Å². The van der Waals surface area contributed by atoms with Crippen LogP contribution in [0.15, 0.2) is 21.0 Å². The molecule has 0 saturated heterocycles. The molecule has 0 aliphatic rings. The van der Waals surface area contributed by atoms with E-state index in [0.717, 1.165) is 4.47 Å². The van der Waals surface area contributed by atoms with Gasteiger partial charge in [0.2, 0.25) is 0 Å². The van der Waals surface area contributed by atoms with Gasteiger partial charge in [0.25, 0.3) is 5.35 Å². The predicted octanol–water partition coefficient (Wildman–Crippen LogP) is 3.25. The lowest BCUT2D eigenvalue weighted by atomic mass is 10.3. The molecule has 0 fully saturated rings. The Morgan fingerprint density at radius 3 is 3.00 bits per heavy atom. The van der Waals surface area contributed by atoms with Gasteiger partial charge < -0.3 is 9.15 Å². The minimum Gasteiger partial charge on any atom is -0.493 e. The Morgan fingerprint density at radius 2 is 2.31 bits per heavy atom. The fourth-order valence-corrected chi connectivity index (χ4v) is 1.69. The molecule has 0 bridgehead atoms. The molecular formula is C8H5BrClNO2. The molecule has 13 heavy (non-hydrogen) atoms. The molecule has 0 spiro atoms. The summed E-state index contributed by atoms with van der Waals surface area (Å²) in [6, 6.07) is 3.61. The number of halogens is 2. The smallest absolute Gasteiger partial charge is 0.293 e. The molecule has 68 valence electrons. The lowest BCUT2D eigenvalue weighted by Crippen LogP contribution is -1.83. The van der Waals surface area contributed by atoms with Crippen LogP contribution in [0.2, 0.25) is 5.35 Å². The Labute approximate surface area is 87.8 Å². The van der Waals surface area contributed by atoms with Crippen LogP contribution < -0.4 is 4.74 Å². The van der Waals surface area contributed by atoms with Gasteiger partial charge in [0, 0.05) is 4.47 Å². The third-order valence-electron chi connectivity index (χ3n) is 1.61. The number of hydrogen-bond donors (Lipinski definition) is 0. The van der Waals surface area contributed by atoms with E-state index < -0.39 is 0 Å². The number of aromatic nitrogens is 1. The molecule has 3 nitrogen and oxygen atoms in total. The first-order valence-corrected chi connectivity index (χ1v) is 4.67. The third-order valence-corrected chi connectivity index (χ3v) is 2.23. The second-order valence-electron chi connectivity index (χ2n) is 2.42. The van der Waals surface area contributed by atoms with Crippen molar-refractivity contribution < 1.29 is 9.15 Å². The zero-order chi connectivity index (χ0) is 9.42. The van der Waals surface area contributed by atoms with Crippen molar-refractivity contribution in [3.63, 3.8) is 0 Å². The van der Waals surface area contributed by atoms with Crippen molar-refractivity contribution in [2.75, 3.05) is 7.11 Å². The molecule has 2 rings (SSSR count). The van der Waals surface area contributed by atoms with E-state index >= 15 is 0 Å². The average Bonchev–Trinajstić information content (AvgIpc) is 2.43.